The van der Waals surface area contributed by atoms with Crippen molar-refractivity contribution in [3.63, 3.8) is 0 Å². The second-order valence-corrected chi connectivity index (χ2v) is 7.41. The van der Waals surface area contributed by atoms with E-state index in [0.29, 0.717) is 5.95 Å². The summed E-state index contributed by atoms with van der Waals surface area (Å²) < 4.78 is 1.65. The van der Waals surface area contributed by atoms with Gasteiger partial charge in [-0.15, -0.1) is 0 Å². The maximum absolute atomic E-state index is 12.7. The van der Waals surface area contributed by atoms with Gasteiger partial charge in [0, 0.05) is 48.6 Å². The lowest BCUT2D eigenvalue weighted by Gasteiger charge is -2.35. The van der Waals surface area contributed by atoms with Gasteiger partial charge in [-0.1, -0.05) is 0 Å². The maximum Gasteiger partial charge on any atom is 0.335 e. The highest BCUT2D eigenvalue weighted by Crippen LogP contribution is 2.24. The topological polar surface area (TPSA) is 121 Å². The lowest BCUT2D eigenvalue weighted by Crippen LogP contribution is -2.51. The lowest BCUT2D eigenvalue weighted by molar-refractivity contribution is -0.165. The van der Waals surface area contributed by atoms with Gasteiger partial charge in [0.1, 0.15) is 0 Å². The molecule has 2 N–H and O–H groups in total. The smallest absolute Gasteiger partial charge is 0.335 e. The molecule has 1 aliphatic heterocycles. The second-order valence-electron chi connectivity index (χ2n) is 7.41. The number of aryl methyl sites for hydroxylation is 3. The van der Waals surface area contributed by atoms with Crippen molar-refractivity contribution in [2.24, 2.45) is 0 Å². The van der Waals surface area contributed by atoms with Gasteiger partial charge in [0.2, 0.25) is 5.91 Å². The zero-order valence-electron chi connectivity index (χ0n) is 16.6. The summed E-state index contributed by atoms with van der Waals surface area (Å²) in [7, 11) is 0. The third-order valence-electron chi connectivity index (χ3n) is 5.27. The second kappa shape index (κ2) is 7.31. The molecule has 28 heavy (non-hydrogen) atoms. The Bertz CT molecular complexity index is 908. The van der Waals surface area contributed by atoms with E-state index >= 15 is 0 Å². The van der Waals surface area contributed by atoms with Gasteiger partial charge in [-0.05, 0) is 33.8 Å². The summed E-state index contributed by atoms with van der Waals surface area (Å²) in [5.41, 5.74) is 2.28. The largest absolute Gasteiger partial charge is 0.479 e. The number of carboxylic acids is 1. The van der Waals surface area contributed by atoms with Gasteiger partial charge in [0.15, 0.2) is 5.60 Å². The van der Waals surface area contributed by atoms with Crippen LogP contribution in [0.1, 0.15) is 41.2 Å². The average Bonchev–Trinajstić information content (AvgIpc) is 2.89. The van der Waals surface area contributed by atoms with E-state index in [-0.39, 0.29) is 38.3 Å². The summed E-state index contributed by atoms with van der Waals surface area (Å²) in [5.74, 6) is -0.873. The summed E-state index contributed by atoms with van der Waals surface area (Å²) in [6, 6.07) is 1.88. The SMILES string of the molecule is Cc1cc(C)nc(-n2nc(C)c(CC(=O)N3CCC(O)(C(=O)O)CC3)c2C)n1. The molecule has 0 spiro atoms. The number of aromatic nitrogens is 4. The fourth-order valence-electron chi connectivity index (χ4n) is 3.53. The molecular formula is C19H25N5O4. The molecule has 0 atom stereocenters. The van der Waals surface area contributed by atoms with Crippen LogP contribution in [0.2, 0.25) is 0 Å². The molecule has 2 aromatic heterocycles. The molecule has 1 fully saturated rings. The van der Waals surface area contributed by atoms with E-state index in [0.717, 1.165) is 28.3 Å². The van der Waals surface area contributed by atoms with E-state index in [9.17, 15) is 14.7 Å². The molecule has 1 amide bonds. The Morgan fingerprint density at radius 1 is 1.11 bits per heavy atom. The Hall–Kier alpha value is -2.81. The summed E-state index contributed by atoms with van der Waals surface area (Å²) in [6.45, 7) is 7.94. The number of aliphatic hydroxyl groups is 1. The number of carbonyl (C=O) groups is 2. The van der Waals surface area contributed by atoms with Crippen molar-refractivity contribution in [2.45, 2.75) is 52.6 Å². The van der Waals surface area contributed by atoms with Crippen LogP contribution in [0.4, 0.5) is 0 Å². The number of nitrogens with zero attached hydrogens (tertiary/aromatic N) is 5. The van der Waals surface area contributed by atoms with Crippen LogP contribution in [-0.4, -0.2) is 65.4 Å². The van der Waals surface area contributed by atoms with Crippen molar-refractivity contribution in [3.05, 3.63) is 34.4 Å². The van der Waals surface area contributed by atoms with E-state index in [1.54, 1.807) is 9.58 Å². The molecule has 1 aliphatic rings. The molecule has 3 rings (SSSR count). The van der Waals surface area contributed by atoms with Crippen LogP contribution in [0.25, 0.3) is 5.95 Å². The van der Waals surface area contributed by atoms with Gasteiger partial charge < -0.3 is 15.1 Å². The molecule has 1 saturated heterocycles. The minimum Gasteiger partial charge on any atom is -0.479 e. The van der Waals surface area contributed by atoms with Crippen molar-refractivity contribution in [2.75, 3.05) is 13.1 Å². The highest BCUT2D eigenvalue weighted by Gasteiger charge is 2.40. The summed E-state index contributed by atoms with van der Waals surface area (Å²) in [6.07, 6.45) is 0.220. The number of piperidine rings is 1. The van der Waals surface area contributed by atoms with E-state index in [1.165, 1.54) is 0 Å². The predicted octanol–water partition coefficient (Wildman–Crippen LogP) is 0.877. The molecule has 150 valence electrons. The van der Waals surface area contributed by atoms with Crippen molar-refractivity contribution >= 4 is 11.9 Å². The van der Waals surface area contributed by atoms with Crippen molar-refractivity contribution in [3.8, 4) is 5.95 Å². The molecule has 0 aromatic carbocycles. The Labute approximate surface area is 163 Å². The highest BCUT2D eigenvalue weighted by atomic mass is 16.4. The van der Waals surface area contributed by atoms with E-state index in [1.807, 2.05) is 33.8 Å². The normalized spacial score (nSPS) is 16.2. The van der Waals surface area contributed by atoms with Crippen LogP contribution in [0.15, 0.2) is 6.07 Å². The number of hydrogen-bond acceptors (Lipinski definition) is 6. The first-order valence-electron chi connectivity index (χ1n) is 9.22. The summed E-state index contributed by atoms with van der Waals surface area (Å²) in [5, 5.41) is 23.6. The summed E-state index contributed by atoms with van der Waals surface area (Å²) >= 11 is 0. The molecule has 3 heterocycles. The molecule has 9 heteroatoms. The van der Waals surface area contributed by atoms with Crippen LogP contribution in [-0.2, 0) is 16.0 Å². The van der Waals surface area contributed by atoms with Crippen molar-refractivity contribution < 1.29 is 19.8 Å². The third kappa shape index (κ3) is 3.75. The fraction of sp³-hybridized carbons (Fsp3) is 0.526. The Balaban J connectivity index is 1.77. The van der Waals surface area contributed by atoms with Gasteiger partial charge in [0.25, 0.3) is 5.95 Å². The lowest BCUT2D eigenvalue weighted by atomic mass is 9.91. The molecule has 0 bridgehead atoms. The molecule has 9 nitrogen and oxygen atoms in total. The minimum atomic E-state index is -1.74. The van der Waals surface area contributed by atoms with Crippen LogP contribution in [0.3, 0.4) is 0 Å². The maximum atomic E-state index is 12.7. The molecule has 0 aliphatic carbocycles. The predicted molar refractivity (Wildman–Crippen MR) is 100 cm³/mol. The van der Waals surface area contributed by atoms with E-state index in [4.69, 9.17) is 5.11 Å². The number of amides is 1. The van der Waals surface area contributed by atoms with Crippen LogP contribution >= 0.6 is 0 Å². The van der Waals surface area contributed by atoms with Crippen LogP contribution < -0.4 is 0 Å². The Morgan fingerprint density at radius 3 is 2.21 bits per heavy atom. The highest BCUT2D eigenvalue weighted by molar-refractivity contribution is 5.81. The minimum absolute atomic E-state index is 0.0295. The van der Waals surface area contributed by atoms with Gasteiger partial charge in [-0.3, -0.25) is 4.79 Å². The third-order valence-corrected chi connectivity index (χ3v) is 5.27. The van der Waals surface area contributed by atoms with Gasteiger partial charge >= 0.3 is 5.97 Å². The first-order valence-corrected chi connectivity index (χ1v) is 9.22. The number of likely N-dealkylation sites (tertiary alicyclic amines) is 1. The zero-order valence-corrected chi connectivity index (χ0v) is 16.6. The molecular weight excluding hydrogens is 362 g/mol. The summed E-state index contributed by atoms with van der Waals surface area (Å²) in [4.78, 5) is 34.3. The Kier molecular flexibility index (Phi) is 5.20. The van der Waals surface area contributed by atoms with E-state index < -0.39 is 11.6 Å². The monoisotopic (exact) mass is 387 g/mol. The quantitative estimate of drug-likeness (QED) is 0.798. The number of rotatable bonds is 4. The van der Waals surface area contributed by atoms with Gasteiger partial charge in [0.05, 0.1) is 12.1 Å². The zero-order chi connectivity index (χ0) is 20.6. The number of hydrogen-bond donors (Lipinski definition) is 2. The molecule has 2 aromatic rings. The van der Waals surface area contributed by atoms with Crippen LogP contribution in [0, 0.1) is 27.7 Å². The average molecular weight is 387 g/mol. The van der Waals surface area contributed by atoms with Gasteiger partial charge in [-0.25, -0.2) is 19.4 Å². The van der Waals surface area contributed by atoms with E-state index in [2.05, 4.69) is 15.1 Å². The standard InChI is InChI=1S/C19H25N5O4/c1-11-9-12(2)21-18(20-11)24-14(4)15(13(3)22-24)10-16(25)23-7-5-19(28,6-8-23)17(26)27/h9,28H,5-8,10H2,1-4H3,(H,26,27). The first kappa shape index (κ1) is 19.9. The van der Waals surface area contributed by atoms with Crippen LogP contribution in [0.5, 0.6) is 0 Å². The van der Waals surface area contributed by atoms with Crippen molar-refractivity contribution in [1.82, 2.24) is 24.6 Å². The fourth-order valence-corrected chi connectivity index (χ4v) is 3.53. The Morgan fingerprint density at radius 2 is 1.68 bits per heavy atom. The molecule has 0 saturated carbocycles. The number of carbonyl (C=O) groups excluding carboxylic acids is 1. The molecule has 0 radical (unpaired) electrons. The first-order chi connectivity index (χ1) is 13.1. The number of carboxylic acid groups (broad SMARTS) is 1. The molecule has 0 unspecified atom stereocenters. The number of aliphatic carboxylic acids is 1. The van der Waals surface area contributed by atoms with Crippen molar-refractivity contribution in [1.29, 1.82) is 0 Å². The van der Waals surface area contributed by atoms with Gasteiger partial charge in [-0.2, -0.15) is 5.10 Å².